The zero-order valence-electron chi connectivity index (χ0n) is 8.24. The first kappa shape index (κ1) is 11.8. The molecule has 1 aromatic rings. The van der Waals surface area contributed by atoms with Gasteiger partial charge >= 0.3 is 5.97 Å². The monoisotopic (exact) mass is 229 g/mol. The number of carboxylic acids is 1. The molecule has 5 heteroatoms. The zero-order chi connectivity index (χ0) is 11.4. The van der Waals surface area contributed by atoms with Crippen LogP contribution in [0.3, 0.4) is 0 Å². The van der Waals surface area contributed by atoms with Gasteiger partial charge in [-0.3, -0.25) is 4.79 Å². The molecule has 0 saturated heterocycles. The van der Waals surface area contributed by atoms with Crippen molar-refractivity contribution in [2.45, 2.75) is 12.5 Å². The summed E-state index contributed by atoms with van der Waals surface area (Å²) in [4.78, 5) is 10.6. The van der Waals surface area contributed by atoms with Crippen LogP contribution in [0.2, 0.25) is 5.02 Å². The SMILES string of the molecule is COc1cc(Cl)ccc1C[C@H](N)C(=O)O. The van der Waals surface area contributed by atoms with Gasteiger partial charge < -0.3 is 15.6 Å². The van der Waals surface area contributed by atoms with Crippen LogP contribution in [0.1, 0.15) is 5.56 Å². The van der Waals surface area contributed by atoms with Crippen LogP contribution in [0, 0.1) is 0 Å². The van der Waals surface area contributed by atoms with Crippen LogP contribution in [-0.2, 0) is 11.2 Å². The van der Waals surface area contributed by atoms with E-state index in [0.717, 1.165) is 5.56 Å². The predicted octanol–water partition coefficient (Wildman–Crippen LogP) is 1.30. The van der Waals surface area contributed by atoms with E-state index in [-0.39, 0.29) is 6.42 Å². The van der Waals surface area contributed by atoms with Crippen molar-refractivity contribution in [3.63, 3.8) is 0 Å². The molecule has 0 bridgehead atoms. The quantitative estimate of drug-likeness (QED) is 0.817. The summed E-state index contributed by atoms with van der Waals surface area (Å²) in [5.74, 6) is -0.480. The first-order valence-electron chi connectivity index (χ1n) is 4.35. The highest BCUT2D eigenvalue weighted by Gasteiger charge is 2.14. The maximum absolute atomic E-state index is 10.6. The second-order valence-electron chi connectivity index (χ2n) is 3.11. The molecule has 0 spiro atoms. The van der Waals surface area contributed by atoms with E-state index in [1.165, 1.54) is 7.11 Å². The predicted molar refractivity (Wildman–Crippen MR) is 57.3 cm³/mol. The van der Waals surface area contributed by atoms with Gasteiger partial charge in [0, 0.05) is 11.4 Å². The molecule has 0 unspecified atom stereocenters. The Labute approximate surface area is 92.6 Å². The molecule has 0 aliphatic heterocycles. The van der Waals surface area contributed by atoms with E-state index in [9.17, 15) is 4.79 Å². The van der Waals surface area contributed by atoms with Gasteiger partial charge in [-0.25, -0.2) is 0 Å². The summed E-state index contributed by atoms with van der Waals surface area (Å²) in [5.41, 5.74) is 6.16. The highest BCUT2D eigenvalue weighted by molar-refractivity contribution is 6.30. The standard InChI is InChI=1S/C10H12ClNO3/c1-15-9-5-7(11)3-2-6(9)4-8(12)10(13)14/h2-3,5,8H,4,12H2,1H3,(H,13,14)/t8-/m0/s1. The van der Waals surface area contributed by atoms with Crippen LogP contribution in [0.25, 0.3) is 0 Å². The molecule has 1 atom stereocenters. The molecular formula is C10H12ClNO3. The zero-order valence-corrected chi connectivity index (χ0v) is 8.99. The molecule has 0 aromatic heterocycles. The van der Waals surface area contributed by atoms with Gasteiger partial charge in [-0.05, 0) is 17.7 Å². The Morgan fingerprint density at radius 1 is 1.67 bits per heavy atom. The molecule has 82 valence electrons. The number of hydrogen-bond donors (Lipinski definition) is 2. The second-order valence-corrected chi connectivity index (χ2v) is 3.54. The Morgan fingerprint density at radius 3 is 2.87 bits per heavy atom. The first-order valence-corrected chi connectivity index (χ1v) is 4.73. The van der Waals surface area contributed by atoms with Gasteiger partial charge in [0.2, 0.25) is 0 Å². The number of halogens is 1. The van der Waals surface area contributed by atoms with Crippen molar-refractivity contribution in [3.8, 4) is 5.75 Å². The van der Waals surface area contributed by atoms with Crippen molar-refractivity contribution in [2.75, 3.05) is 7.11 Å². The van der Waals surface area contributed by atoms with E-state index < -0.39 is 12.0 Å². The smallest absolute Gasteiger partial charge is 0.320 e. The number of carboxylic acid groups (broad SMARTS) is 1. The van der Waals surface area contributed by atoms with E-state index in [0.29, 0.717) is 10.8 Å². The summed E-state index contributed by atoms with van der Waals surface area (Å²) in [5, 5.41) is 9.21. The van der Waals surface area contributed by atoms with Crippen molar-refractivity contribution in [1.29, 1.82) is 0 Å². The number of carbonyl (C=O) groups is 1. The van der Waals surface area contributed by atoms with Crippen LogP contribution in [0.15, 0.2) is 18.2 Å². The van der Waals surface area contributed by atoms with Crippen molar-refractivity contribution in [3.05, 3.63) is 28.8 Å². The molecule has 4 nitrogen and oxygen atoms in total. The third kappa shape index (κ3) is 3.11. The summed E-state index contributed by atoms with van der Waals surface area (Å²) in [6.45, 7) is 0. The van der Waals surface area contributed by atoms with E-state index >= 15 is 0 Å². The molecule has 1 aromatic carbocycles. The maximum Gasteiger partial charge on any atom is 0.320 e. The molecule has 0 radical (unpaired) electrons. The lowest BCUT2D eigenvalue weighted by molar-refractivity contribution is -0.138. The summed E-state index contributed by atoms with van der Waals surface area (Å²) < 4.78 is 5.07. The average molecular weight is 230 g/mol. The van der Waals surface area contributed by atoms with Gasteiger partial charge in [0.1, 0.15) is 11.8 Å². The van der Waals surface area contributed by atoms with E-state index in [1.807, 2.05) is 0 Å². The third-order valence-corrected chi connectivity index (χ3v) is 2.24. The van der Waals surface area contributed by atoms with E-state index in [1.54, 1.807) is 18.2 Å². The molecular weight excluding hydrogens is 218 g/mol. The molecule has 0 aliphatic carbocycles. The minimum Gasteiger partial charge on any atom is -0.496 e. The van der Waals surface area contributed by atoms with E-state index in [4.69, 9.17) is 27.2 Å². The topological polar surface area (TPSA) is 72.5 Å². The maximum atomic E-state index is 10.6. The normalized spacial score (nSPS) is 12.2. The molecule has 3 N–H and O–H groups in total. The highest BCUT2D eigenvalue weighted by atomic mass is 35.5. The van der Waals surface area contributed by atoms with Crippen LogP contribution in [0.5, 0.6) is 5.75 Å². The van der Waals surface area contributed by atoms with Crippen LogP contribution >= 0.6 is 11.6 Å². The molecule has 0 fully saturated rings. The highest BCUT2D eigenvalue weighted by Crippen LogP contribution is 2.23. The fraction of sp³-hybridized carbons (Fsp3) is 0.300. The largest absolute Gasteiger partial charge is 0.496 e. The van der Waals surface area contributed by atoms with Crippen LogP contribution in [-0.4, -0.2) is 24.2 Å². The minimum absolute atomic E-state index is 0.218. The number of nitrogens with two attached hydrogens (primary N) is 1. The van der Waals surface area contributed by atoms with Crippen molar-refractivity contribution < 1.29 is 14.6 Å². The van der Waals surface area contributed by atoms with Gasteiger partial charge in [-0.1, -0.05) is 17.7 Å². The lowest BCUT2D eigenvalue weighted by Gasteiger charge is -2.11. The van der Waals surface area contributed by atoms with Gasteiger partial charge in [0.15, 0.2) is 0 Å². The van der Waals surface area contributed by atoms with Crippen molar-refractivity contribution in [2.24, 2.45) is 5.73 Å². The molecule has 15 heavy (non-hydrogen) atoms. The third-order valence-electron chi connectivity index (χ3n) is 2.01. The lowest BCUT2D eigenvalue weighted by atomic mass is 10.1. The number of hydrogen-bond acceptors (Lipinski definition) is 3. The molecule has 0 saturated carbocycles. The Balaban J connectivity index is 2.89. The van der Waals surface area contributed by atoms with E-state index in [2.05, 4.69) is 0 Å². The van der Waals surface area contributed by atoms with Crippen molar-refractivity contribution in [1.82, 2.24) is 0 Å². The van der Waals surface area contributed by atoms with Gasteiger partial charge in [0.05, 0.1) is 7.11 Å². The first-order chi connectivity index (χ1) is 7.04. The molecule has 0 aliphatic rings. The summed E-state index contributed by atoms with van der Waals surface area (Å²) >= 11 is 5.77. The van der Waals surface area contributed by atoms with Gasteiger partial charge in [-0.15, -0.1) is 0 Å². The number of benzene rings is 1. The molecule has 0 amide bonds. The van der Waals surface area contributed by atoms with Gasteiger partial charge in [0.25, 0.3) is 0 Å². The Morgan fingerprint density at radius 2 is 2.33 bits per heavy atom. The lowest BCUT2D eigenvalue weighted by Crippen LogP contribution is -2.32. The number of rotatable bonds is 4. The molecule has 0 heterocycles. The fourth-order valence-electron chi connectivity index (χ4n) is 1.21. The number of ether oxygens (including phenoxy) is 1. The summed E-state index contributed by atoms with van der Waals surface area (Å²) in [6, 6.07) is 4.09. The molecule has 1 rings (SSSR count). The van der Waals surface area contributed by atoms with Crippen molar-refractivity contribution >= 4 is 17.6 Å². The van der Waals surface area contributed by atoms with Crippen LogP contribution < -0.4 is 10.5 Å². The fourth-order valence-corrected chi connectivity index (χ4v) is 1.37. The number of aliphatic carboxylic acids is 1. The summed E-state index contributed by atoms with van der Waals surface area (Å²) in [6.07, 6.45) is 0.218. The Kier molecular flexibility index (Phi) is 3.94. The van der Waals surface area contributed by atoms with Gasteiger partial charge in [-0.2, -0.15) is 0 Å². The second kappa shape index (κ2) is 5.00. The Bertz CT molecular complexity index is 368. The number of methoxy groups -OCH3 is 1. The Hall–Kier alpha value is -1.26. The summed E-state index contributed by atoms with van der Waals surface area (Å²) in [7, 11) is 1.50. The average Bonchev–Trinajstić information content (AvgIpc) is 2.20. The van der Waals surface area contributed by atoms with Crippen LogP contribution in [0.4, 0.5) is 0 Å². The minimum atomic E-state index is -1.04.